The van der Waals surface area contributed by atoms with Gasteiger partial charge in [0.05, 0.1) is 6.61 Å². The summed E-state index contributed by atoms with van der Waals surface area (Å²) in [5.74, 6) is 3.70. The van der Waals surface area contributed by atoms with Crippen molar-refractivity contribution in [2.45, 2.75) is 32.3 Å². The second kappa shape index (κ2) is 6.41. The summed E-state index contributed by atoms with van der Waals surface area (Å²) in [6.45, 7) is 4.03. The summed E-state index contributed by atoms with van der Waals surface area (Å²) in [6, 6.07) is 0. The molecule has 110 valence electrons. The summed E-state index contributed by atoms with van der Waals surface area (Å²) < 4.78 is 5.81. The SMILES string of the molecule is CNCC1CCc2nc(C3CSCCO3)nc(C)c2C1. The van der Waals surface area contributed by atoms with Crippen LogP contribution in [-0.4, -0.2) is 41.7 Å². The fourth-order valence-corrected chi connectivity index (χ4v) is 3.97. The van der Waals surface area contributed by atoms with E-state index in [-0.39, 0.29) is 6.10 Å². The van der Waals surface area contributed by atoms with Crippen LogP contribution in [0.5, 0.6) is 0 Å². The zero-order valence-corrected chi connectivity index (χ0v) is 13.1. The highest BCUT2D eigenvalue weighted by Gasteiger charge is 2.25. The molecule has 3 rings (SSSR count). The van der Waals surface area contributed by atoms with E-state index in [0.29, 0.717) is 0 Å². The molecule has 1 aliphatic heterocycles. The minimum absolute atomic E-state index is 0.0905. The van der Waals surface area contributed by atoms with Crippen LogP contribution in [0.15, 0.2) is 0 Å². The summed E-state index contributed by atoms with van der Waals surface area (Å²) in [5.41, 5.74) is 3.80. The number of nitrogens with zero attached hydrogens (tertiary/aromatic N) is 2. The molecule has 0 radical (unpaired) electrons. The molecule has 0 spiro atoms. The van der Waals surface area contributed by atoms with E-state index in [1.54, 1.807) is 0 Å². The average Bonchev–Trinajstić information content (AvgIpc) is 2.49. The average molecular weight is 293 g/mol. The number of hydrogen-bond donors (Lipinski definition) is 1. The van der Waals surface area contributed by atoms with Crippen LogP contribution in [0, 0.1) is 12.8 Å². The van der Waals surface area contributed by atoms with Crippen LogP contribution in [0.4, 0.5) is 0 Å². The molecule has 1 aliphatic carbocycles. The van der Waals surface area contributed by atoms with Crippen molar-refractivity contribution >= 4 is 11.8 Å². The lowest BCUT2D eigenvalue weighted by molar-refractivity contribution is 0.0690. The maximum Gasteiger partial charge on any atom is 0.158 e. The van der Waals surface area contributed by atoms with Gasteiger partial charge in [-0.2, -0.15) is 11.8 Å². The van der Waals surface area contributed by atoms with E-state index >= 15 is 0 Å². The predicted octanol–water partition coefficient (Wildman–Crippen LogP) is 1.91. The van der Waals surface area contributed by atoms with E-state index in [0.717, 1.165) is 54.9 Å². The van der Waals surface area contributed by atoms with Crippen molar-refractivity contribution in [3.63, 3.8) is 0 Å². The highest BCUT2D eigenvalue weighted by molar-refractivity contribution is 7.99. The lowest BCUT2D eigenvalue weighted by atomic mass is 9.85. The van der Waals surface area contributed by atoms with Crippen molar-refractivity contribution in [3.05, 3.63) is 22.8 Å². The van der Waals surface area contributed by atoms with Gasteiger partial charge >= 0.3 is 0 Å². The number of thioether (sulfide) groups is 1. The molecule has 2 heterocycles. The molecule has 20 heavy (non-hydrogen) atoms. The zero-order chi connectivity index (χ0) is 13.9. The minimum atomic E-state index is 0.0905. The highest BCUT2D eigenvalue weighted by atomic mass is 32.2. The van der Waals surface area contributed by atoms with Gasteiger partial charge in [-0.25, -0.2) is 9.97 Å². The number of fused-ring (bicyclic) bond motifs is 1. The van der Waals surface area contributed by atoms with E-state index in [1.807, 2.05) is 18.8 Å². The van der Waals surface area contributed by atoms with Crippen molar-refractivity contribution in [2.24, 2.45) is 5.92 Å². The van der Waals surface area contributed by atoms with Gasteiger partial charge in [-0.15, -0.1) is 0 Å². The van der Waals surface area contributed by atoms with E-state index in [4.69, 9.17) is 14.7 Å². The summed E-state index contributed by atoms with van der Waals surface area (Å²) in [5, 5.41) is 3.29. The second-order valence-corrected chi connectivity index (χ2v) is 6.84. The molecule has 2 aliphatic rings. The minimum Gasteiger partial charge on any atom is -0.368 e. The van der Waals surface area contributed by atoms with Gasteiger partial charge in [0.2, 0.25) is 0 Å². The molecule has 2 atom stereocenters. The summed E-state index contributed by atoms with van der Waals surface area (Å²) in [6.07, 6.45) is 3.51. The number of aryl methyl sites for hydroxylation is 2. The molecular formula is C15H23N3OS. The molecule has 1 aromatic rings. The first kappa shape index (κ1) is 14.3. The third-order valence-corrected chi connectivity index (χ3v) is 5.19. The van der Waals surface area contributed by atoms with E-state index in [1.165, 1.54) is 17.7 Å². The number of aromatic nitrogens is 2. The van der Waals surface area contributed by atoms with Crippen molar-refractivity contribution in [3.8, 4) is 0 Å². The number of ether oxygens (including phenoxy) is 1. The summed E-state index contributed by atoms with van der Waals surface area (Å²) >= 11 is 1.93. The van der Waals surface area contributed by atoms with Crippen LogP contribution >= 0.6 is 11.8 Å². The standard InChI is InChI=1S/C15H23N3OS/c1-10-12-7-11(8-16-2)3-4-13(12)18-15(17-10)14-9-20-6-5-19-14/h11,14,16H,3-9H2,1-2H3. The Kier molecular flexibility index (Phi) is 4.58. The molecule has 0 amide bonds. The molecule has 1 aromatic heterocycles. The predicted molar refractivity (Wildman–Crippen MR) is 82.2 cm³/mol. The van der Waals surface area contributed by atoms with Crippen LogP contribution in [0.25, 0.3) is 0 Å². The topological polar surface area (TPSA) is 47.0 Å². The number of hydrogen-bond acceptors (Lipinski definition) is 5. The fourth-order valence-electron chi connectivity index (χ4n) is 3.13. The van der Waals surface area contributed by atoms with Crippen molar-refractivity contribution in [1.82, 2.24) is 15.3 Å². The molecule has 0 saturated carbocycles. The molecule has 2 unspecified atom stereocenters. The van der Waals surface area contributed by atoms with Gasteiger partial charge in [-0.1, -0.05) is 0 Å². The first-order chi connectivity index (χ1) is 9.78. The van der Waals surface area contributed by atoms with Crippen LogP contribution in [0.3, 0.4) is 0 Å². The normalized spacial score (nSPS) is 26.3. The quantitative estimate of drug-likeness (QED) is 0.922. The Labute approximate surface area is 125 Å². The summed E-state index contributed by atoms with van der Waals surface area (Å²) in [4.78, 5) is 9.56. The molecule has 0 aromatic carbocycles. The van der Waals surface area contributed by atoms with Crippen molar-refractivity contribution in [1.29, 1.82) is 0 Å². The molecule has 1 saturated heterocycles. The lowest BCUT2D eigenvalue weighted by Crippen LogP contribution is -2.27. The molecular weight excluding hydrogens is 270 g/mol. The Balaban J connectivity index is 1.82. The van der Waals surface area contributed by atoms with Gasteiger partial charge in [-0.3, -0.25) is 0 Å². The third-order valence-electron chi connectivity index (χ3n) is 4.20. The van der Waals surface area contributed by atoms with Crippen LogP contribution in [-0.2, 0) is 17.6 Å². The molecule has 0 bridgehead atoms. The van der Waals surface area contributed by atoms with Gasteiger partial charge in [0.1, 0.15) is 6.10 Å². The van der Waals surface area contributed by atoms with Gasteiger partial charge in [0, 0.05) is 22.9 Å². The number of nitrogens with one attached hydrogen (secondary N) is 1. The Hall–Kier alpha value is -0.650. The maximum atomic E-state index is 5.81. The Bertz CT molecular complexity index is 474. The zero-order valence-electron chi connectivity index (χ0n) is 12.3. The van der Waals surface area contributed by atoms with E-state index in [9.17, 15) is 0 Å². The van der Waals surface area contributed by atoms with Crippen molar-refractivity contribution in [2.75, 3.05) is 31.7 Å². The first-order valence-electron chi connectivity index (χ1n) is 7.48. The Morgan fingerprint density at radius 2 is 2.30 bits per heavy atom. The molecule has 1 N–H and O–H groups in total. The Morgan fingerprint density at radius 3 is 3.05 bits per heavy atom. The van der Waals surface area contributed by atoms with Gasteiger partial charge in [0.15, 0.2) is 5.82 Å². The fraction of sp³-hybridized carbons (Fsp3) is 0.733. The van der Waals surface area contributed by atoms with Gasteiger partial charge in [-0.05, 0) is 51.3 Å². The lowest BCUT2D eigenvalue weighted by Gasteiger charge is -2.27. The van der Waals surface area contributed by atoms with Crippen LogP contribution in [0.1, 0.15) is 35.3 Å². The molecule has 4 nitrogen and oxygen atoms in total. The molecule has 1 fully saturated rings. The number of rotatable bonds is 3. The van der Waals surface area contributed by atoms with Crippen molar-refractivity contribution < 1.29 is 4.74 Å². The van der Waals surface area contributed by atoms with E-state index < -0.39 is 0 Å². The third kappa shape index (κ3) is 3.00. The van der Waals surface area contributed by atoms with Gasteiger partial charge < -0.3 is 10.1 Å². The second-order valence-electron chi connectivity index (χ2n) is 5.69. The van der Waals surface area contributed by atoms with Crippen LogP contribution in [0.2, 0.25) is 0 Å². The largest absolute Gasteiger partial charge is 0.368 e. The van der Waals surface area contributed by atoms with Gasteiger partial charge in [0.25, 0.3) is 0 Å². The monoisotopic (exact) mass is 293 g/mol. The first-order valence-corrected chi connectivity index (χ1v) is 8.63. The Morgan fingerprint density at radius 1 is 1.40 bits per heavy atom. The van der Waals surface area contributed by atoms with Crippen LogP contribution < -0.4 is 5.32 Å². The van der Waals surface area contributed by atoms with E-state index in [2.05, 4.69) is 12.2 Å². The maximum absolute atomic E-state index is 5.81. The smallest absolute Gasteiger partial charge is 0.158 e. The highest BCUT2D eigenvalue weighted by Crippen LogP contribution is 2.29. The molecule has 5 heteroatoms. The summed E-state index contributed by atoms with van der Waals surface area (Å²) in [7, 11) is 2.03.